The molecule has 10 rings (SSSR count). The van der Waals surface area contributed by atoms with E-state index in [1.165, 1.54) is 5.69 Å². The van der Waals surface area contributed by atoms with Crippen molar-refractivity contribution in [1.29, 1.82) is 0 Å². The topological polar surface area (TPSA) is 125 Å². The lowest BCUT2D eigenvalue weighted by Crippen LogP contribution is -2.74. The maximum absolute atomic E-state index is 14.8. The van der Waals surface area contributed by atoms with E-state index in [0.29, 0.717) is 42.2 Å². The van der Waals surface area contributed by atoms with E-state index >= 15 is 0 Å². The molecule has 2 amide bonds. The number of ether oxygens (including phenoxy) is 2. The molecule has 5 aromatic rings. The predicted octanol–water partition coefficient (Wildman–Crippen LogP) is 9.43. The molecule has 16 heteroatoms. The standard InChI is InChI=1S/C56H72F2N10O4/c1-35(69)66-27-21-47-45(34-66)51(67-22-9-10-38-28-43(39-31-60-63(7)33-39)44(50(57)58)30-48(38)67)62-68(47)41-19-23-64(24-20-41)32-36-17-25-65(26-18-36)40-13-11-37(12-14-40)52(70)61-53-55(2,3)54(56(53,4)5)72-42-15-16-46(59-6)49(29-42)71-8/h11-16,28-31,33,36,41,50,53-54,59H,9-10,17-27,32,34H2,1-8H3,(H,61,70). The molecule has 0 radical (unpaired) electrons. The Balaban J connectivity index is 0.743. The van der Waals surface area contributed by atoms with Gasteiger partial charge in [-0.1, -0.05) is 27.7 Å². The van der Waals surface area contributed by atoms with Crippen LogP contribution in [0.4, 0.5) is 31.7 Å². The number of aromatic nitrogens is 4. The number of alkyl halides is 2. The summed E-state index contributed by atoms with van der Waals surface area (Å²) in [7, 11) is 5.31. The number of hydrogen-bond acceptors (Lipinski definition) is 10. The normalized spacial score (nSPS) is 21.2. The van der Waals surface area contributed by atoms with Crippen LogP contribution in [0.25, 0.3) is 11.1 Å². The van der Waals surface area contributed by atoms with E-state index in [-0.39, 0.29) is 46.4 Å². The number of nitrogens with zero attached hydrogens (tertiary/aromatic N) is 8. The van der Waals surface area contributed by atoms with Gasteiger partial charge in [0.25, 0.3) is 12.3 Å². The van der Waals surface area contributed by atoms with E-state index in [0.717, 1.165) is 123 Å². The van der Waals surface area contributed by atoms with Crippen molar-refractivity contribution in [3.63, 3.8) is 0 Å². The van der Waals surface area contributed by atoms with E-state index in [2.05, 4.69) is 74.9 Å². The Labute approximate surface area is 423 Å². The zero-order valence-corrected chi connectivity index (χ0v) is 43.3. The summed E-state index contributed by atoms with van der Waals surface area (Å²) >= 11 is 0. The molecule has 384 valence electrons. The highest BCUT2D eigenvalue weighted by Gasteiger charge is 2.64. The Morgan fingerprint density at radius 2 is 1.64 bits per heavy atom. The summed E-state index contributed by atoms with van der Waals surface area (Å²) in [5.41, 5.74) is 7.31. The lowest BCUT2D eigenvalue weighted by molar-refractivity contribution is -0.164. The third-order valence-electron chi connectivity index (χ3n) is 16.7. The first-order valence-corrected chi connectivity index (χ1v) is 26.0. The number of likely N-dealkylation sites (tertiary alicyclic amines) is 1. The molecule has 1 saturated carbocycles. The lowest BCUT2D eigenvalue weighted by Gasteiger charge is -2.63. The van der Waals surface area contributed by atoms with Gasteiger partial charge in [-0.2, -0.15) is 10.2 Å². The van der Waals surface area contributed by atoms with E-state index in [1.54, 1.807) is 44.2 Å². The molecular formula is C56H72F2N10O4. The number of nitrogens with one attached hydrogen (secondary N) is 2. The highest BCUT2D eigenvalue weighted by Crippen LogP contribution is 2.56. The molecule has 6 heterocycles. The number of anilines is 4. The summed E-state index contributed by atoms with van der Waals surface area (Å²) < 4.78 is 45.6. The molecule has 0 unspecified atom stereocenters. The zero-order chi connectivity index (χ0) is 50.6. The van der Waals surface area contributed by atoms with Gasteiger partial charge in [0, 0.05) is 142 Å². The highest BCUT2D eigenvalue weighted by atomic mass is 19.3. The van der Waals surface area contributed by atoms with Crippen LogP contribution in [0.2, 0.25) is 0 Å². The fourth-order valence-electron chi connectivity index (χ4n) is 13.1. The van der Waals surface area contributed by atoms with E-state index in [1.807, 2.05) is 48.3 Å². The van der Waals surface area contributed by atoms with Crippen molar-refractivity contribution in [2.24, 2.45) is 23.8 Å². The van der Waals surface area contributed by atoms with Gasteiger partial charge >= 0.3 is 0 Å². The van der Waals surface area contributed by atoms with Crippen LogP contribution < -0.4 is 29.9 Å². The van der Waals surface area contributed by atoms with Crippen molar-refractivity contribution in [1.82, 2.24) is 34.7 Å². The highest BCUT2D eigenvalue weighted by molar-refractivity contribution is 5.95. The molecule has 1 aliphatic carbocycles. The number of carbonyl (C=O) groups excluding carboxylic acids is 2. The smallest absolute Gasteiger partial charge is 0.264 e. The number of piperidine rings is 2. The molecule has 5 aliphatic rings. The number of rotatable bonds is 13. The van der Waals surface area contributed by atoms with Crippen molar-refractivity contribution in [3.8, 4) is 22.6 Å². The molecule has 0 atom stereocenters. The number of amides is 2. The van der Waals surface area contributed by atoms with Crippen LogP contribution in [0.3, 0.4) is 0 Å². The van der Waals surface area contributed by atoms with Crippen LogP contribution in [0, 0.1) is 16.7 Å². The van der Waals surface area contributed by atoms with Gasteiger partial charge in [-0.15, -0.1) is 0 Å². The third kappa shape index (κ3) is 9.28. The molecule has 3 aromatic carbocycles. The predicted molar refractivity (Wildman–Crippen MR) is 278 cm³/mol. The fourth-order valence-corrected chi connectivity index (χ4v) is 13.1. The Kier molecular flexibility index (Phi) is 13.5. The quantitative estimate of drug-likeness (QED) is 0.118. The van der Waals surface area contributed by atoms with Crippen molar-refractivity contribution in [3.05, 3.63) is 94.9 Å². The zero-order valence-electron chi connectivity index (χ0n) is 43.3. The second-order valence-electron chi connectivity index (χ2n) is 22.1. The van der Waals surface area contributed by atoms with Crippen molar-refractivity contribution >= 4 is 34.7 Å². The summed E-state index contributed by atoms with van der Waals surface area (Å²) in [4.78, 5) is 35.5. The summed E-state index contributed by atoms with van der Waals surface area (Å²) in [6, 6.07) is 17.6. The number of aryl methyl sites for hydroxylation is 2. The van der Waals surface area contributed by atoms with Gasteiger partial charge in [-0.3, -0.25) is 19.0 Å². The van der Waals surface area contributed by atoms with E-state index in [9.17, 15) is 18.4 Å². The first-order valence-electron chi connectivity index (χ1n) is 26.0. The van der Waals surface area contributed by atoms with Gasteiger partial charge in [0.15, 0.2) is 5.82 Å². The van der Waals surface area contributed by atoms with E-state index in [4.69, 9.17) is 14.6 Å². The fraction of sp³-hybridized carbons (Fsp3) is 0.536. The first kappa shape index (κ1) is 49.4. The number of methoxy groups -OCH3 is 1. The number of halogens is 2. The van der Waals surface area contributed by atoms with Crippen LogP contribution in [0.5, 0.6) is 11.5 Å². The maximum atomic E-state index is 14.8. The SMILES string of the molecule is CNc1ccc(OC2C(C)(C)C(NC(=O)c3ccc(N4CCC(CN5CCC(n6nc(N7CCCc8cc(-c9cnn(C)c9)c(C(F)F)cc87)c7c6CCN(C(C)=O)C7)CC5)CC4)cc3)C2(C)C)cc1OC. The summed E-state index contributed by atoms with van der Waals surface area (Å²) in [5, 5.41) is 16.1. The van der Waals surface area contributed by atoms with Crippen molar-refractivity contribution in [2.75, 3.05) is 75.1 Å². The molecule has 72 heavy (non-hydrogen) atoms. The Morgan fingerprint density at radius 3 is 2.29 bits per heavy atom. The average molecular weight is 987 g/mol. The van der Waals surface area contributed by atoms with Crippen LogP contribution in [0.15, 0.2) is 67.0 Å². The monoisotopic (exact) mass is 987 g/mol. The second-order valence-corrected chi connectivity index (χ2v) is 22.1. The van der Waals surface area contributed by atoms with Gasteiger partial charge in [0.05, 0.1) is 31.6 Å². The Bertz CT molecular complexity index is 2770. The van der Waals surface area contributed by atoms with Crippen molar-refractivity contribution < 1.29 is 27.8 Å². The van der Waals surface area contributed by atoms with Crippen LogP contribution in [-0.4, -0.2) is 113 Å². The number of carbonyl (C=O) groups is 2. The first-order chi connectivity index (χ1) is 34.5. The third-order valence-corrected chi connectivity index (χ3v) is 16.7. The number of benzene rings is 3. The summed E-state index contributed by atoms with van der Waals surface area (Å²) in [5.74, 6) is 2.83. The summed E-state index contributed by atoms with van der Waals surface area (Å²) in [6.07, 6.45) is 7.23. The minimum Gasteiger partial charge on any atom is -0.494 e. The Hall–Kier alpha value is -6.16. The molecular weight excluding hydrogens is 915 g/mol. The molecule has 0 bridgehead atoms. The molecule has 14 nitrogen and oxygen atoms in total. The molecule has 0 spiro atoms. The van der Waals surface area contributed by atoms with Gasteiger partial charge in [-0.25, -0.2) is 8.78 Å². The van der Waals surface area contributed by atoms with E-state index < -0.39 is 6.43 Å². The summed E-state index contributed by atoms with van der Waals surface area (Å²) in [6.45, 7) is 17.0. The van der Waals surface area contributed by atoms with Crippen LogP contribution >= 0.6 is 0 Å². The van der Waals surface area contributed by atoms with Gasteiger partial charge in [-0.05, 0) is 104 Å². The Morgan fingerprint density at radius 1 is 0.903 bits per heavy atom. The van der Waals surface area contributed by atoms with Crippen LogP contribution in [-0.2, 0) is 31.2 Å². The molecule has 3 fully saturated rings. The van der Waals surface area contributed by atoms with Crippen molar-refractivity contribution in [2.45, 2.75) is 111 Å². The average Bonchev–Trinajstić information content (AvgIpc) is 4.00. The molecule has 2 N–H and O–H groups in total. The molecule has 2 aromatic heterocycles. The van der Waals surface area contributed by atoms with Gasteiger partial charge in [0.2, 0.25) is 5.91 Å². The second kappa shape index (κ2) is 19.7. The van der Waals surface area contributed by atoms with Gasteiger partial charge < -0.3 is 39.7 Å². The minimum atomic E-state index is -2.65. The molecule has 2 saturated heterocycles. The van der Waals surface area contributed by atoms with Crippen LogP contribution in [0.1, 0.15) is 112 Å². The minimum absolute atomic E-state index is 0.00468. The number of fused-ring (bicyclic) bond motifs is 2. The largest absolute Gasteiger partial charge is 0.494 e. The number of hydrogen-bond donors (Lipinski definition) is 2. The van der Waals surface area contributed by atoms with Gasteiger partial charge in [0.1, 0.15) is 17.6 Å². The lowest BCUT2D eigenvalue weighted by atomic mass is 9.49. The molecule has 4 aliphatic heterocycles. The maximum Gasteiger partial charge on any atom is 0.264 e.